The summed E-state index contributed by atoms with van der Waals surface area (Å²) >= 11 is 0. The van der Waals surface area contributed by atoms with Gasteiger partial charge < -0.3 is 14.6 Å². The second-order valence-electron chi connectivity index (χ2n) is 4.91. The molecule has 1 N–H and O–H groups in total. The molecule has 2 aliphatic heterocycles. The molecule has 4 rings (SSSR count). The minimum atomic E-state index is -0.209. The molecule has 1 aromatic carbocycles. The van der Waals surface area contributed by atoms with Gasteiger partial charge in [-0.15, -0.1) is 12.4 Å². The molecule has 0 saturated heterocycles. The number of fused-ring (bicyclic) bond motifs is 3. The Hall–Kier alpha value is -2.60. The molecule has 7 heteroatoms. The van der Waals surface area contributed by atoms with Gasteiger partial charge in [0.1, 0.15) is 5.75 Å². The zero-order valence-corrected chi connectivity index (χ0v) is 12.3. The van der Waals surface area contributed by atoms with E-state index < -0.39 is 0 Å². The van der Waals surface area contributed by atoms with Crippen LogP contribution in [0.3, 0.4) is 0 Å². The second-order valence-corrected chi connectivity index (χ2v) is 4.91. The molecule has 6 nitrogen and oxygen atoms in total. The second kappa shape index (κ2) is 5.65. The van der Waals surface area contributed by atoms with Gasteiger partial charge in [0.05, 0.1) is 35.7 Å². The molecule has 0 atom stereocenters. The molecule has 0 radical (unpaired) electrons. The van der Waals surface area contributed by atoms with E-state index in [9.17, 15) is 4.79 Å². The number of allylic oxidation sites excluding steroid dienone is 1. The molecule has 0 fully saturated rings. The predicted octanol–water partition coefficient (Wildman–Crippen LogP) is 1.98. The number of nitrogens with one attached hydrogen (secondary N) is 1. The van der Waals surface area contributed by atoms with Gasteiger partial charge in [0.2, 0.25) is 0 Å². The number of ether oxygens (including phenoxy) is 1. The minimum Gasteiger partial charge on any atom is -0.464 e. The molecule has 1 aromatic heterocycles. The molecular formula is C15H13ClN4O2. The highest BCUT2D eigenvalue weighted by atomic mass is 35.5. The van der Waals surface area contributed by atoms with Crippen LogP contribution in [0.15, 0.2) is 52.4 Å². The van der Waals surface area contributed by atoms with Gasteiger partial charge in [-0.2, -0.15) is 0 Å². The van der Waals surface area contributed by atoms with E-state index in [1.54, 1.807) is 12.5 Å². The van der Waals surface area contributed by atoms with E-state index in [-0.39, 0.29) is 18.0 Å². The van der Waals surface area contributed by atoms with E-state index in [1.807, 2.05) is 24.4 Å². The lowest BCUT2D eigenvalue weighted by Crippen LogP contribution is -2.27. The third kappa shape index (κ3) is 2.48. The average Bonchev–Trinajstić information content (AvgIpc) is 2.47. The number of aromatic amines is 1. The van der Waals surface area contributed by atoms with E-state index in [0.29, 0.717) is 17.6 Å². The molecule has 3 heterocycles. The number of hydrogen-bond acceptors (Lipinski definition) is 5. The zero-order valence-electron chi connectivity index (χ0n) is 11.5. The molecule has 0 unspecified atom stereocenters. The van der Waals surface area contributed by atoms with Gasteiger partial charge in [-0.3, -0.25) is 9.79 Å². The van der Waals surface area contributed by atoms with Crippen molar-refractivity contribution in [2.45, 2.75) is 6.54 Å². The summed E-state index contributed by atoms with van der Waals surface area (Å²) in [4.78, 5) is 24.7. The van der Waals surface area contributed by atoms with Crippen LogP contribution in [0.2, 0.25) is 0 Å². The molecule has 2 aliphatic rings. The van der Waals surface area contributed by atoms with Gasteiger partial charge in [-0.1, -0.05) is 0 Å². The first kappa shape index (κ1) is 14.3. The zero-order chi connectivity index (χ0) is 14.2. The summed E-state index contributed by atoms with van der Waals surface area (Å²) in [5.74, 6) is 0.750. The molecule has 2 aromatic rings. The largest absolute Gasteiger partial charge is 0.464 e. The summed E-state index contributed by atoms with van der Waals surface area (Å²) in [6.07, 6.45) is 8.48. The Balaban J connectivity index is 0.00000144. The fraction of sp³-hybridized carbons (Fsp3) is 0.133. The maximum atomic E-state index is 11.4. The van der Waals surface area contributed by atoms with Crippen molar-refractivity contribution in [3.8, 4) is 5.75 Å². The van der Waals surface area contributed by atoms with Gasteiger partial charge in [0.15, 0.2) is 0 Å². The predicted molar refractivity (Wildman–Crippen MR) is 86.4 cm³/mol. The molecule has 0 bridgehead atoms. The van der Waals surface area contributed by atoms with Gasteiger partial charge >= 0.3 is 0 Å². The van der Waals surface area contributed by atoms with Gasteiger partial charge in [0.25, 0.3) is 5.56 Å². The van der Waals surface area contributed by atoms with Crippen molar-refractivity contribution in [2.75, 3.05) is 6.54 Å². The Morgan fingerprint density at radius 2 is 2.23 bits per heavy atom. The maximum Gasteiger partial charge on any atom is 0.266 e. The van der Waals surface area contributed by atoms with Crippen molar-refractivity contribution in [1.82, 2.24) is 14.9 Å². The summed E-state index contributed by atoms with van der Waals surface area (Å²) in [6, 6.07) is 3.76. The van der Waals surface area contributed by atoms with Crippen LogP contribution in [-0.4, -0.2) is 27.6 Å². The van der Waals surface area contributed by atoms with Crippen LogP contribution in [-0.2, 0) is 6.54 Å². The summed E-state index contributed by atoms with van der Waals surface area (Å²) in [5, 5.41) is 0. The van der Waals surface area contributed by atoms with Crippen LogP contribution in [0.5, 0.6) is 5.75 Å². The Labute approximate surface area is 132 Å². The number of halogens is 1. The number of nitrogens with zero attached hydrogens (tertiary/aromatic N) is 3. The van der Waals surface area contributed by atoms with Crippen molar-refractivity contribution >= 4 is 29.7 Å². The van der Waals surface area contributed by atoms with E-state index in [2.05, 4.69) is 19.9 Å². The monoisotopic (exact) mass is 316 g/mol. The van der Waals surface area contributed by atoms with Crippen molar-refractivity contribution < 1.29 is 4.74 Å². The third-order valence-corrected chi connectivity index (χ3v) is 3.53. The maximum absolute atomic E-state index is 11.4. The Morgan fingerprint density at radius 3 is 3.14 bits per heavy atom. The van der Waals surface area contributed by atoms with Crippen molar-refractivity contribution in [3.63, 3.8) is 0 Å². The van der Waals surface area contributed by atoms with Crippen LogP contribution in [0.25, 0.3) is 11.0 Å². The SMILES string of the molecule is Cl.O=c1cnc2cc3c(cc2[nH]1)CN1CC=NC=C1C=CO3. The van der Waals surface area contributed by atoms with Crippen LogP contribution in [0.1, 0.15) is 5.56 Å². The van der Waals surface area contributed by atoms with Gasteiger partial charge in [-0.05, 0) is 12.1 Å². The first-order valence-electron chi connectivity index (χ1n) is 6.61. The lowest BCUT2D eigenvalue weighted by molar-refractivity contribution is 0.368. The molecule has 112 valence electrons. The lowest BCUT2D eigenvalue weighted by Gasteiger charge is -2.28. The van der Waals surface area contributed by atoms with E-state index in [0.717, 1.165) is 23.6 Å². The third-order valence-electron chi connectivity index (χ3n) is 3.53. The highest BCUT2D eigenvalue weighted by Crippen LogP contribution is 2.28. The number of aliphatic imine (C=N–C) groups is 1. The number of H-pyrrole nitrogens is 1. The highest BCUT2D eigenvalue weighted by Gasteiger charge is 2.16. The molecular weight excluding hydrogens is 304 g/mol. The molecule has 0 aliphatic carbocycles. The van der Waals surface area contributed by atoms with Crippen LogP contribution in [0, 0.1) is 0 Å². The number of hydrogen-bond donors (Lipinski definition) is 1. The summed E-state index contributed by atoms with van der Waals surface area (Å²) in [7, 11) is 0. The topological polar surface area (TPSA) is 70.6 Å². The molecule has 22 heavy (non-hydrogen) atoms. The summed E-state index contributed by atoms with van der Waals surface area (Å²) < 4.78 is 5.68. The van der Waals surface area contributed by atoms with Crippen molar-refractivity contribution in [3.05, 3.63) is 58.5 Å². The summed E-state index contributed by atoms with van der Waals surface area (Å²) in [5.41, 5.74) is 3.21. The first-order valence-corrected chi connectivity index (χ1v) is 6.61. The number of rotatable bonds is 0. The quantitative estimate of drug-likeness (QED) is 0.807. The van der Waals surface area contributed by atoms with Gasteiger partial charge in [-0.25, -0.2) is 4.98 Å². The Kier molecular flexibility index (Phi) is 3.68. The fourth-order valence-electron chi connectivity index (χ4n) is 2.50. The normalized spacial score (nSPS) is 15.8. The standard InChI is InChI=1S/C15H12N4O2.ClH/c20-15-8-17-12-6-14-10(5-13(12)18-15)9-19-3-2-16-7-11(19)1-4-21-14;/h1-2,4-8H,3,9H2,(H,18,20);1H. The van der Waals surface area contributed by atoms with Crippen LogP contribution in [0.4, 0.5) is 0 Å². The molecule has 0 amide bonds. The highest BCUT2D eigenvalue weighted by molar-refractivity contribution is 5.85. The fourth-order valence-corrected chi connectivity index (χ4v) is 2.50. The van der Waals surface area contributed by atoms with Crippen LogP contribution < -0.4 is 10.3 Å². The van der Waals surface area contributed by atoms with Crippen molar-refractivity contribution in [1.29, 1.82) is 0 Å². The van der Waals surface area contributed by atoms with E-state index >= 15 is 0 Å². The van der Waals surface area contributed by atoms with Crippen LogP contribution >= 0.6 is 12.4 Å². The van der Waals surface area contributed by atoms with Gasteiger partial charge in [0, 0.05) is 30.6 Å². The van der Waals surface area contributed by atoms with E-state index in [1.165, 1.54) is 6.20 Å². The number of benzene rings is 1. The van der Waals surface area contributed by atoms with E-state index in [4.69, 9.17) is 4.74 Å². The average molecular weight is 317 g/mol. The summed E-state index contributed by atoms with van der Waals surface area (Å²) in [6.45, 7) is 1.43. The molecule has 0 saturated carbocycles. The van der Waals surface area contributed by atoms with Crippen molar-refractivity contribution in [2.24, 2.45) is 4.99 Å². The molecule has 0 spiro atoms. The minimum absolute atomic E-state index is 0. The Bertz CT molecular complexity index is 869. The first-order chi connectivity index (χ1) is 10.3. The Morgan fingerprint density at radius 1 is 1.32 bits per heavy atom. The number of aromatic nitrogens is 2. The lowest BCUT2D eigenvalue weighted by atomic mass is 10.1. The smallest absolute Gasteiger partial charge is 0.266 e.